The molecule has 4 rings (SSSR count). The van der Waals surface area contributed by atoms with Gasteiger partial charge in [0.25, 0.3) is 5.91 Å². The predicted molar refractivity (Wildman–Crippen MR) is 113 cm³/mol. The van der Waals surface area contributed by atoms with Crippen LogP contribution in [0, 0.1) is 6.92 Å². The normalized spacial score (nSPS) is 15.3. The van der Waals surface area contributed by atoms with Crippen LogP contribution in [0.4, 0.5) is 0 Å². The number of amides is 1. The van der Waals surface area contributed by atoms with Gasteiger partial charge in [-0.2, -0.15) is 0 Å². The Balaban J connectivity index is 1.62. The number of carbonyl (C=O) groups is 2. The van der Waals surface area contributed by atoms with Crippen molar-refractivity contribution in [1.82, 2.24) is 10.1 Å². The molecule has 1 aliphatic heterocycles. The first kappa shape index (κ1) is 20.9. The highest BCUT2D eigenvalue weighted by Crippen LogP contribution is 2.29. The highest BCUT2D eigenvalue weighted by Gasteiger charge is 2.38. The molecule has 0 fully saturated rings. The third-order valence-corrected chi connectivity index (χ3v) is 5.69. The summed E-state index contributed by atoms with van der Waals surface area (Å²) in [4.78, 5) is 27.4. The number of nitrogens with zero attached hydrogens (tertiary/aromatic N) is 2. The second kappa shape index (κ2) is 8.81. The van der Waals surface area contributed by atoms with Crippen molar-refractivity contribution in [2.45, 2.75) is 32.5 Å². The lowest BCUT2D eigenvalue weighted by molar-refractivity contribution is -0.146. The Morgan fingerprint density at radius 2 is 1.87 bits per heavy atom. The molecule has 8 heteroatoms. The smallest absolute Gasteiger partial charge is 0.328 e. The van der Waals surface area contributed by atoms with Crippen LogP contribution in [-0.2, 0) is 29.1 Å². The minimum Gasteiger partial charge on any atom is -0.487 e. The third-order valence-electron chi connectivity index (χ3n) is 5.38. The van der Waals surface area contributed by atoms with Crippen molar-refractivity contribution in [1.29, 1.82) is 0 Å². The number of ether oxygens (including phenoxy) is 2. The van der Waals surface area contributed by atoms with Gasteiger partial charge in [-0.05, 0) is 30.2 Å². The maximum absolute atomic E-state index is 13.5. The zero-order chi connectivity index (χ0) is 22.0. The number of rotatable bonds is 5. The Kier molecular flexibility index (Phi) is 5.95. The number of benzene rings is 2. The standard InChI is InChI=1S/C23H21ClN2O5/c1-14-17(13-30-20-10-6-5-9-18(20)24)21(25-31-14)22(27)26-12-16-8-4-3-7-15(16)11-19(26)23(28)29-2/h3-10,19H,11-13H2,1-2H3. The van der Waals surface area contributed by atoms with Gasteiger partial charge in [0.1, 0.15) is 24.2 Å². The monoisotopic (exact) mass is 440 g/mol. The lowest BCUT2D eigenvalue weighted by atomic mass is 9.93. The van der Waals surface area contributed by atoms with Gasteiger partial charge in [0.05, 0.1) is 17.7 Å². The fraction of sp³-hybridized carbons (Fsp3) is 0.261. The van der Waals surface area contributed by atoms with E-state index in [0.717, 1.165) is 11.1 Å². The fourth-order valence-corrected chi connectivity index (χ4v) is 3.85. The number of hydrogen-bond acceptors (Lipinski definition) is 6. The van der Waals surface area contributed by atoms with Gasteiger partial charge in [-0.1, -0.05) is 53.2 Å². The summed E-state index contributed by atoms with van der Waals surface area (Å²) >= 11 is 6.16. The van der Waals surface area contributed by atoms with Crippen LogP contribution < -0.4 is 4.74 Å². The summed E-state index contributed by atoms with van der Waals surface area (Å²) in [7, 11) is 1.31. The van der Waals surface area contributed by atoms with Crippen molar-refractivity contribution >= 4 is 23.5 Å². The van der Waals surface area contributed by atoms with Crippen molar-refractivity contribution in [3.8, 4) is 5.75 Å². The van der Waals surface area contributed by atoms with E-state index in [1.807, 2.05) is 24.3 Å². The van der Waals surface area contributed by atoms with Gasteiger partial charge in [-0.3, -0.25) is 4.79 Å². The second-order valence-electron chi connectivity index (χ2n) is 7.23. The molecule has 7 nitrogen and oxygen atoms in total. The van der Waals surface area contributed by atoms with Crippen molar-refractivity contribution in [2.24, 2.45) is 0 Å². The summed E-state index contributed by atoms with van der Waals surface area (Å²) in [5, 5.41) is 4.43. The average molecular weight is 441 g/mol. The molecule has 1 amide bonds. The van der Waals surface area contributed by atoms with E-state index < -0.39 is 17.9 Å². The zero-order valence-electron chi connectivity index (χ0n) is 17.1. The van der Waals surface area contributed by atoms with E-state index in [-0.39, 0.29) is 18.8 Å². The highest BCUT2D eigenvalue weighted by molar-refractivity contribution is 6.32. The Morgan fingerprint density at radius 1 is 1.16 bits per heavy atom. The molecule has 1 atom stereocenters. The van der Waals surface area contributed by atoms with Gasteiger partial charge in [0, 0.05) is 13.0 Å². The number of carbonyl (C=O) groups excluding carboxylic acids is 2. The fourth-order valence-electron chi connectivity index (χ4n) is 3.66. The summed E-state index contributed by atoms with van der Waals surface area (Å²) in [6, 6.07) is 14.0. The van der Waals surface area contributed by atoms with Crippen LogP contribution in [-0.4, -0.2) is 35.1 Å². The van der Waals surface area contributed by atoms with Crippen LogP contribution in [0.5, 0.6) is 5.75 Å². The first-order chi connectivity index (χ1) is 15.0. The van der Waals surface area contributed by atoms with Crippen LogP contribution in [0.3, 0.4) is 0 Å². The van der Waals surface area contributed by atoms with Crippen LogP contribution >= 0.6 is 11.6 Å². The maximum atomic E-state index is 13.5. The summed E-state index contributed by atoms with van der Waals surface area (Å²) < 4.78 is 16.0. The molecule has 1 aromatic heterocycles. The molecule has 0 N–H and O–H groups in total. The Labute approximate surface area is 184 Å². The molecule has 2 aromatic carbocycles. The minimum absolute atomic E-state index is 0.0491. The third kappa shape index (κ3) is 4.14. The largest absolute Gasteiger partial charge is 0.487 e. The van der Waals surface area contributed by atoms with E-state index in [0.29, 0.717) is 28.5 Å². The van der Waals surface area contributed by atoms with Gasteiger partial charge >= 0.3 is 5.97 Å². The number of para-hydroxylation sites is 1. The molecule has 0 aliphatic carbocycles. The number of aromatic nitrogens is 1. The lowest BCUT2D eigenvalue weighted by Crippen LogP contribution is -2.49. The van der Waals surface area contributed by atoms with Crippen molar-refractivity contribution in [3.63, 3.8) is 0 Å². The Bertz CT molecular complexity index is 1130. The molecule has 2 heterocycles. The molecule has 0 spiro atoms. The minimum atomic E-state index is -0.748. The molecule has 0 saturated heterocycles. The quantitative estimate of drug-likeness (QED) is 0.558. The topological polar surface area (TPSA) is 81.9 Å². The molecule has 0 bridgehead atoms. The Morgan fingerprint density at radius 3 is 2.61 bits per heavy atom. The number of fused-ring (bicyclic) bond motifs is 1. The van der Waals surface area contributed by atoms with Gasteiger partial charge in [-0.15, -0.1) is 0 Å². The second-order valence-corrected chi connectivity index (χ2v) is 7.64. The van der Waals surface area contributed by atoms with Crippen LogP contribution in [0.25, 0.3) is 0 Å². The van der Waals surface area contributed by atoms with Crippen molar-refractivity contribution < 1.29 is 23.6 Å². The number of aryl methyl sites for hydroxylation is 1. The maximum Gasteiger partial charge on any atom is 0.328 e. The number of hydrogen-bond donors (Lipinski definition) is 0. The van der Waals surface area contributed by atoms with E-state index in [2.05, 4.69) is 5.16 Å². The molecule has 31 heavy (non-hydrogen) atoms. The number of esters is 1. The van der Waals surface area contributed by atoms with E-state index >= 15 is 0 Å². The SMILES string of the molecule is COC(=O)C1Cc2ccccc2CN1C(=O)c1noc(C)c1COc1ccccc1Cl. The molecular formula is C23H21ClN2O5. The van der Waals surface area contributed by atoms with Gasteiger partial charge < -0.3 is 18.9 Å². The first-order valence-electron chi connectivity index (χ1n) is 9.77. The van der Waals surface area contributed by atoms with Crippen LogP contribution in [0.2, 0.25) is 5.02 Å². The molecule has 0 radical (unpaired) electrons. The van der Waals surface area contributed by atoms with E-state index in [9.17, 15) is 9.59 Å². The van der Waals surface area contributed by atoms with Crippen molar-refractivity contribution in [2.75, 3.05) is 7.11 Å². The van der Waals surface area contributed by atoms with Gasteiger partial charge in [0.15, 0.2) is 5.69 Å². The first-order valence-corrected chi connectivity index (χ1v) is 10.2. The van der Waals surface area contributed by atoms with Crippen LogP contribution in [0.1, 0.15) is 32.9 Å². The highest BCUT2D eigenvalue weighted by atomic mass is 35.5. The van der Waals surface area contributed by atoms with Gasteiger partial charge in [0.2, 0.25) is 0 Å². The molecule has 1 aliphatic rings. The summed E-state index contributed by atoms with van der Waals surface area (Å²) in [6.45, 7) is 2.03. The average Bonchev–Trinajstić information content (AvgIpc) is 3.16. The molecule has 160 valence electrons. The Hall–Kier alpha value is -3.32. The number of methoxy groups -OCH3 is 1. The summed E-state index contributed by atoms with van der Waals surface area (Å²) in [5.41, 5.74) is 2.61. The lowest BCUT2D eigenvalue weighted by Gasteiger charge is -2.34. The predicted octanol–water partition coefficient (Wildman–Crippen LogP) is 3.96. The van der Waals surface area contributed by atoms with E-state index in [1.165, 1.54) is 12.0 Å². The van der Waals surface area contributed by atoms with Gasteiger partial charge in [-0.25, -0.2) is 4.79 Å². The molecule has 0 saturated carbocycles. The van der Waals surface area contributed by atoms with E-state index in [1.54, 1.807) is 31.2 Å². The molecule has 3 aromatic rings. The van der Waals surface area contributed by atoms with Crippen molar-refractivity contribution in [3.05, 3.63) is 81.7 Å². The van der Waals surface area contributed by atoms with Crippen LogP contribution in [0.15, 0.2) is 53.1 Å². The molecular weight excluding hydrogens is 420 g/mol. The summed E-state index contributed by atoms with van der Waals surface area (Å²) in [5.74, 6) is 0.0568. The summed E-state index contributed by atoms with van der Waals surface area (Å²) in [6.07, 6.45) is 0.372. The zero-order valence-corrected chi connectivity index (χ0v) is 17.9. The molecule has 1 unspecified atom stereocenters. The van der Waals surface area contributed by atoms with E-state index in [4.69, 9.17) is 25.6 Å². The number of halogens is 1.